The number of hydrogen-bond donors (Lipinski definition) is 1. The Bertz CT molecular complexity index is 596. The maximum atomic E-state index is 5.44. The molecular formula is C19H23NO. The highest BCUT2D eigenvalue weighted by Crippen LogP contribution is 2.53. The topological polar surface area (TPSA) is 21.3 Å². The van der Waals surface area contributed by atoms with E-state index in [4.69, 9.17) is 4.74 Å². The molecule has 1 aliphatic carbocycles. The Morgan fingerprint density at radius 2 is 1.81 bits per heavy atom. The molecule has 0 aliphatic heterocycles. The van der Waals surface area contributed by atoms with E-state index >= 15 is 0 Å². The van der Waals surface area contributed by atoms with Crippen LogP contribution in [0.4, 0.5) is 0 Å². The third kappa shape index (κ3) is 2.81. The van der Waals surface area contributed by atoms with Gasteiger partial charge in [-0.15, -0.1) is 0 Å². The molecule has 0 amide bonds. The van der Waals surface area contributed by atoms with Crippen molar-refractivity contribution in [1.29, 1.82) is 0 Å². The van der Waals surface area contributed by atoms with Gasteiger partial charge in [-0.2, -0.15) is 0 Å². The van der Waals surface area contributed by atoms with Crippen LogP contribution in [0.25, 0.3) is 0 Å². The number of para-hydroxylation sites is 1. The lowest BCUT2D eigenvalue weighted by Crippen LogP contribution is -2.32. The van der Waals surface area contributed by atoms with Gasteiger partial charge in [-0.1, -0.05) is 55.5 Å². The molecule has 2 heteroatoms. The number of rotatable bonds is 6. The first kappa shape index (κ1) is 14.2. The van der Waals surface area contributed by atoms with Crippen LogP contribution >= 0.6 is 0 Å². The summed E-state index contributed by atoms with van der Waals surface area (Å²) < 4.78 is 5.44. The van der Waals surface area contributed by atoms with Gasteiger partial charge in [0, 0.05) is 23.6 Å². The average molecular weight is 281 g/mol. The molecule has 2 aromatic rings. The van der Waals surface area contributed by atoms with Crippen molar-refractivity contribution in [3.8, 4) is 5.75 Å². The molecule has 0 radical (unpaired) electrons. The molecule has 0 bridgehead atoms. The number of hydrogen-bond acceptors (Lipinski definition) is 2. The van der Waals surface area contributed by atoms with Crippen LogP contribution in [0.2, 0.25) is 0 Å². The van der Waals surface area contributed by atoms with Crippen molar-refractivity contribution in [2.45, 2.75) is 37.8 Å². The van der Waals surface area contributed by atoms with Gasteiger partial charge in [0.2, 0.25) is 0 Å². The van der Waals surface area contributed by atoms with Crippen molar-refractivity contribution < 1.29 is 4.74 Å². The quantitative estimate of drug-likeness (QED) is 0.860. The lowest BCUT2D eigenvalue weighted by Gasteiger charge is -2.19. The fourth-order valence-corrected chi connectivity index (χ4v) is 3.26. The van der Waals surface area contributed by atoms with Gasteiger partial charge in [0.1, 0.15) is 5.75 Å². The van der Waals surface area contributed by atoms with Crippen molar-refractivity contribution in [2.75, 3.05) is 7.11 Å². The third-order valence-electron chi connectivity index (χ3n) is 4.73. The fraction of sp³-hybridized carbons (Fsp3) is 0.368. The van der Waals surface area contributed by atoms with Crippen LogP contribution in [-0.2, 0) is 6.54 Å². The second kappa shape index (κ2) is 5.90. The molecule has 21 heavy (non-hydrogen) atoms. The molecule has 1 N–H and O–H groups in total. The van der Waals surface area contributed by atoms with Gasteiger partial charge in [0.25, 0.3) is 0 Å². The summed E-state index contributed by atoms with van der Waals surface area (Å²) >= 11 is 0. The summed E-state index contributed by atoms with van der Waals surface area (Å²) in [5, 5.41) is 3.78. The number of ether oxygens (including phenoxy) is 1. The molecule has 2 aromatic carbocycles. The van der Waals surface area contributed by atoms with Crippen LogP contribution in [0.5, 0.6) is 5.75 Å². The van der Waals surface area contributed by atoms with E-state index in [-0.39, 0.29) is 5.54 Å². The Kier molecular flexibility index (Phi) is 3.98. The Balaban J connectivity index is 1.69. The predicted octanol–water partition coefficient (Wildman–Crippen LogP) is 4.12. The van der Waals surface area contributed by atoms with E-state index in [1.807, 2.05) is 12.1 Å². The second-order valence-corrected chi connectivity index (χ2v) is 5.84. The maximum absolute atomic E-state index is 5.44. The number of benzene rings is 2. The zero-order valence-corrected chi connectivity index (χ0v) is 12.8. The highest BCUT2D eigenvalue weighted by atomic mass is 16.5. The van der Waals surface area contributed by atoms with Crippen LogP contribution in [0.3, 0.4) is 0 Å². The van der Waals surface area contributed by atoms with Crippen LogP contribution in [0, 0.1) is 0 Å². The molecule has 0 aromatic heterocycles. The van der Waals surface area contributed by atoms with Crippen molar-refractivity contribution in [2.24, 2.45) is 0 Å². The molecule has 1 saturated carbocycles. The SMILES string of the molecule is CC[C@@]1(NCc2ccccc2OC)C[C@H]1c1ccccc1. The molecule has 2 atom stereocenters. The number of nitrogens with one attached hydrogen (secondary N) is 1. The molecule has 1 aliphatic rings. The minimum atomic E-state index is 0.252. The van der Waals surface area contributed by atoms with Crippen LogP contribution in [-0.4, -0.2) is 12.6 Å². The Morgan fingerprint density at radius 1 is 1.10 bits per heavy atom. The van der Waals surface area contributed by atoms with Crippen molar-refractivity contribution in [3.05, 3.63) is 65.7 Å². The average Bonchev–Trinajstić information content (AvgIpc) is 3.29. The van der Waals surface area contributed by atoms with Gasteiger partial charge < -0.3 is 10.1 Å². The highest BCUT2D eigenvalue weighted by molar-refractivity contribution is 5.36. The molecule has 0 unspecified atom stereocenters. The van der Waals surface area contributed by atoms with E-state index in [0.29, 0.717) is 5.92 Å². The number of methoxy groups -OCH3 is 1. The largest absolute Gasteiger partial charge is 0.496 e. The lowest BCUT2D eigenvalue weighted by atomic mass is 10.0. The van der Waals surface area contributed by atoms with E-state index < -0.39 is 0 Å². The summed E-state index contributed by atoms with van der Waals surface area (Å²) in [5.74, 6) is 1.60. The zero-order valence-electron chi connectivity index (χ0n) is 12.8. The summed E-state index contributed by atoms with van der Waals surface area (Å²) in [6.07, 6.45) is 2.38. The smallest absolute Gasteiger partial charge is 0.123 e. The van der Waals surface area contributed by atoms with Gasteiger partial charge in [-0.25, -0.2) is 0 Å². The van der Waals surface area contributed by atoms with Crippen LogP contribution < -0.4 is 10.1 Å². The first-order valence-corrected chi connectivity index (χ1v) is 7.71. The predicted molar refractivity (Wildman–Crippen MR) is 86.7 cm³/mol. The minimum absolute atomic E-state index is 0.252. The zero-order chi connectivity index (χ0) is 14.7. The molecule has 0 spiro atoms. The Hall–Kier alpha value is -1.80. The Morgan fingerprint density at radius 3 is 2.52 bits per heavy atom. The van der Waals surface area contributed by atoms with Gasteiger partial charge in [-0.05, 0) is 24.5 Å². The van der Waals surface area contributed by atoms with E-state index in [9.17, 15) is 0 Å². The second-order valence-electron chi connectivity index (χ2n) is 5.84. The van der Waals surface area contributed by atoms with Gasteiger partial charge in [0.05, 0.1) is 7.11 Å². The maximum Gasteiger partial charge on any atom is 0.123 e. The molecular weight excluding hydrogens is 258 g/mol. The molecule has 0 saturated heterocycles. The molecule has 1 fully saturated rings. The lowest BCUT2D eigenvalue weighted by molar-refractivity contribution is 0.401. The summed E-state index contributed by atoms with van der Waals surface area (Å²) in [4.78, 5) is 0. The third-order valence-corrected chi connectivity index (χ3v) is 4.73. The summed E-state index contributed by atoms with van der Waals surface area (Å²) in [7, 11) is 1.73. The van der Waals surface area contributed by atoms with E-state index in [2.05, 4.69) is 54.7 Å². The van der Waals surface area contributed by atoms with Crippen LogP contribution in [0.15, 0.2) is 54.6 Å². The summed E-state index contributed by atoms with van der Waals surface area (Å²) in [5.41, 5.74) is 2.93. The van der Waals surface area contributed by atoms with Crippen LogP contribution in [0.1, 0.15) is 36.8 Å². The standard InChI is InChI=1S/C19H23NO/c1-3-19(13-17(19)15-9-5-4-6-10-15)20-14-16-11-7-8-12-18(16)21-2/h4-12,17,20H,3,13-14H2,1-2H3/t17-,19+/m0/s1. The highest BCUT2D eigenvalue weighted by Gasteiger charge is 2.52. The van der Waals surface area contributed by atoms with Crippen molar-refractivity contribution >= 4 is 0 Å². The van der Waals surface area contributed by atoms with Gasteiger partial charge in [-0.3, -0.25) is 0 Å². The monoisotopic (exact) mass is 281 g/mol. The Labute approximate surface area is 127 Å². The van der Waals surface area contributed by atoms with E-state index in [1.54, 1.807) is 7.11 Å². The van der Waals surface area contributed by atoms with Crippen molar-refractivity contribution in [1.82, 2.24) is 5.32 Å². The summed E-state index contributed by atoms with van der Waals surface area (Å²) in [6.45, 7) is 3.14. The molecule has 3 rings (SSSR count). The van der Waals surface area contributed by atoms with Gasteiger partial charge in [0.15, 0.2) is 0 Å². The first-order chi connectivity index (χ1) is 10.3. The van der Waals surface area contributed by atoms with E-state index in [1.165, 1.54) is 17.5 Å². The molecule has 110 valence electrons. The summed E-state index contributed by atoms with van der Waals surface area (Å²) in [6, 6.07) is 19.1. The molecule has 0 heterocycles. The molecule has 2 nitrogen and oxygen atoms in total. The fourth-order valence-electron chi connectivity index (χ4n) is 3.26. The van der Waals surface area contributed by atoms with Gasteiger partial charge >= 0.3 is 0 Å². The van der Waals surface area contributed by atoms with Crippen molar-refractivity contribution in [3.63, 3.8) is 0 Å². The first-order valence-electron chi connectivity index (χ1n) is 7.71. The van der Waals surface area contributed by atoms with E-state index in [0.717, 1.165) is 18.7 Å². The minimum Gasteiger partial charge on any atom is -0.496 e. The normalized spacial score (nSPS) is 23.8.